The molecule has 1 heterocycles. The Balaban J connectivity index is 2.28. The third-order valence-corrected chi connectivity index (χ3v) is 1.80. The summed E-state index contributed by atoms with van der Waals surface area (Å²) in [7, 11) is 0. The zero-order chi connectivity index (χ0) is 9.52. The Morgan fingerprint density at radius 1 is 1.46 bits per heavy atom. The van der Waals surface area contributed by atoms with Crippen LogP contribution >= 0.6 is 0 Å². The fourth-order valence-electron chi connectivity index (χ4n) is 1.09. The zero-order valence-corrected chi connectivity index (χ0v) is 7.89. The topological polar surface area (TPSA) is 24.9 Å². The molecule has 0 aliphatic carbocycles. The Kier molecular flexibility index (Phi) is 4.40. The lowest BCUT2D eigenvalue weighted by atomic mass is 10.2. The van der Waals surface area contributed by atoms with Crippen LogP contribution in [0.15, 0.2) is 18.5 Å². The van der Waals surface area contributed by atoms with Crippen LogP contribution in [0.2, 0.25) is 0 Å². The van der Waals surface area contributed by atoms with E-state index in [4.69, 9.17) is 0 Å². The Hall–Kier alpha value is -0.960. The molecule has 1 aromatic rings. The summed E-state index contributed by atoms with van der Waals surface area (Å²) in [5.74, 6) is -0.269. The van der Waals surface area contributed by atoms with Gasteiger partial charge >= 0.3 is 0 Å². The first-order valence-electron chi connectivity index (χ1n) is 4.63. The van der Waals surface area contributed by atoms with Crippen LogP contribution in [0.1, 0.15) is 25.3 Å². The normalized spacial score (nSPS) is 10.3. The van der Waals surface area contributed by atoms with Crippen LogP contribution in [0, 0.1) is 5.82 Å². The lowest BCUT2D eigenvalue weighted by Crippen LogP contribution is -2.14. The van der Waals surface area contributed by atoms with Gasteiger partial charge in [0.05, 0.1) is 6.20 Å². The Labute approximate surface area is 78.2 Å². The maximum absolute atomic E-state index is 12.7. The number of unbranched alkanes of at least 4 members (excludes halogenated alkanes) is 1. The van der Waals surface area contributed by atoms with Gasteiger partial charge in [-0.3, -0.25) is 4.98 Å². The number of rotatable bonds is 5. The largest absolute Gasteiger partial charge is 0.313 e. The van der Waals surface area contributed by atoms with Crippen molar-refractivity contribution in [3.05, 3.63) is 29.8 Å². The number of hydrogen-bond donors (Lipinski definition) is 1. The first-order chi connectivity index (χ1) is 6.33. The van der Waals surface area contributed by atoms with Crippen LogP contribution in [0.4, 0.5) is 4.39 Å². The van der Waals surface area contributed by atoms with Crippen LogP contribution in [-0.2, 0) is 6.54 Å². The minimum atomic E-state index is -0.269. The maximum Gasteiger partial charge on any atom is 0.141 e. The Morgan fingerprint density at radius 3 is 3.00 bits per heavy atom. The summed E-state index contributed by atoms with van der Waals surface area (Å²) in [6, 6.07) is 1.51. The highest BCUT2D eigenvalue weighted by molar-refractivity contribution is 5.09. The van der Waals surface area contributed by atoms with Crippen molar-refractivity contribution < 1.29 is 4.39 Å². The van der Waals surface area contributed by atoms with E-state index < -0.39 is 0 Å². The second-order valence-corrected chi connectivity index (χ2v) is 3.04. The monoisotopic (exact) mass is 182 g/mol. The van der Waals surface area contributed by atoms with Crippen molar-refractivity contribution in [1.82, 2.24) is 10.3 Å². The summed E-state index contributed by atoms with van der Waals surface area (Å²) in [5.41, 5.74) is 0.899. The standard InChI is InChI=1S/C10H15FN2/c1-2-3-4-12-6-9-5-10(11)8-13-7-9/h5,7-8,12H,2-4,6H2,1H3. The highest BCUT2D eigenvalue weighted by Gasteiger charge is 1.94. The smallest absolute Gasteiger partial charge is 0.141 e. The molecule has 0 atom stereocenters. The molecule has 0 radical (unpaired) electrons. The van der Waals surface area contributed by atoms with E-state index in [-0.39, 0.29) is 5.82 Å². The number of aromatic nitrogens is 1. The number of pyridine rings is 1. The van der Waals surface area contributed by atoms with E-state index >= 15 is 0 Å². The van der Waals surface area contributed by atoms with E-state index in [9.17, 15) is 4.39 Å². The molecule has 13 heavy (non-hydrogen) atoms. The summed E-state index contributed by atoms with van der Waals surface area (Å²) >= 11 is 0. The van der Waals surface area contributed by atoms with Gasteiger partial charge in [-0.1, -0.05) is 13.3 Å². The molecule has 0 aliphatic rings. The molecule has 0 fully saturated rings. The number of nitrogens with zero attached hydrogens (tertiary/aromatic N) is 1. The molecule has 0 bridgehead atoms. The van der Waals surface area contributed by atoms with Gasteiger partial charge in [0.2, 0.25) is 0 Å². The van der Waals surface area contributed by atoms with Crippen LogP contribution in [0.5, 0.6) is 0 Å². The lowest BCUT2D eigenvalue weighted by molar-refractivity contribution is 0.607. The van der Waals surface area contributed by atoms with Gasteiger partial charge in [0, 0.05) is 12.7 Å². The minimum Gasteiger partial charge on any atom is -0.313 e. The lowest BCUT2D eigenvalue weighted by Gasteiger charge is -2.02. The molecule has 0 unspecified atom stereocenters. The number of hydrogen-bond acceptors (Lipinski definition) is 2. The summed E-state index contributed by atoms with van der Waals surface area (Å²) in [6.07, 6.45) is 5.23. The van der Waals surface area contributed by atoms with Crippen molar-refractivity contribution >= 4 is 0 Å². The summed E-state index contributed by atoms with van der Waals surface area (Å²) in [6.45, 7) is 3.82. The van der Waals surface area contributed by atoms with Gasteiger partial charge in [0.1, 0.15) is 5.82 Å². The second-order valence-electron chi connectivity index (χ2n) is 3.04. The highest BCUT2D eigenvalue weighted by Crippen LogP contribution is 1.99. The van der Waals surface area contributed by atoms with Gasteiger partial charge in [0.25, 0.3) is 0 Å². The van der Waals surface area contributed by atoms with Gasteiger partial charge in [-0.2, -0.15) is 0 Å². The number of nitrogens with one attached hydrogen (secondary N) is 1. The number of halogens is 1. The van der Waals surface area contributed by atoms with E-state index in [0.29, 0.717) is 6.54 Å². The van der Waals surface area contributed by atoms with Gasteiger partial charge in [-0.25, -0.2) is 4.39 Å². The van der Waals surface area contributed by atoms with E-state index in [1.54, 1.807) is 6.20 Å². The van der Waals surface area contributed by atoms with Gasteiger partial charge in [-0.15, -0.1) is 0 Å². The predicted molar refractivity (Wildman–Crippen MR) is 50.8 cm³/mol. The highest BCUT2D eigenvalue weighted by atomic mass is 19.1. The SMILES string of the molecule is CCCCNCc1cncc(F)c1. The van der Waals surface area contributed by atoms with E-state index in [1.807, 2.05) is 0 Å². The second kappa shape index (κ2) is 5.65. The first-order valence-corrected chi connectivity index (χ1v) is 4.63. The summed E-state index contributed by atoms with van der Waals surface area (Å²) < 4.78 is 12.7. The third kappa shape index (κ3) is 3.99. The molecule has 3 heteroatoms. The van der Waals surface area contributed by atoms with Gasteiger partial charge < -0.3 is 5.32 Å². The molecule has 0 aliphatic heterocycles. The van der Waals surface area contributed by atoms with Crippen molar-refractivity contribution in [1.29, 1.82) is 0 Å². The Morgan fingerprint density at radius 2 is 2.31 bits per heavy atom. The molecule has 1 rings (SSSR count). The first kappa shape index (κ1) is 10.1. The molecule has 72 valence electrons. The van der Waals surface area contributed by atoms with Gasteiger partial charge in [-0.05, 0) is 24.6 Å². The van der Waals surface area contributed by atoms with Crippen molar-refractivity contribution in [2.45, 2.75) is 26.3 Å². The Bertz CT molecular complexity index is 250. The molecule has 0 amide bonds. The average Bonchev–Trinajstić information content (AvgIpc) is 2.13. The van der Waals surface area contributed by atoms with Crippen LogP contribution in [0.25, 0.3) is 0 Å². The van der Waals surface area contributed by atoms with Crippen molar-refractivity contribution in [3.63, 3.8) is 0 Å². The minimum absolute atomic E-state index is 0.269. The molecule has 0 saturated carbocycles. The fraction of sp³-hybridized carbons (Fsp3) is 0.500. The fourth-order valence-corrected chi connectivity index (χ4v) is 1.09. The molecular weight excluding hydrogens is 167 g/mol. The molecule has 1 N–H and O–H groups in total. The van der Waals surface area contributed by atoms with E-state index in [1.165, 1.54) is 18.7 Å². The predicted octanol–water partition coefficient (Wildman–Crippen LogP) is 2.11. The maximum atomic E-state index is 12.7. The molecule has 1 aromatic heterocycles. The van der Waals surface area contributed by atoms with Gasteiger partial charge in [0.15, 0.2) is 0 Å². The summed E-state index contributed by atoms with van der Waals surface area (Å²) in [4.78, 5) is 3.77. The average molecular weight is 182 g/mol. The van der Waals surface area contributed by atoms with Crippen LogP contribution < -0.4 is 5.32 Å². The quantitative estimate of drug-likeness (QED) is 0.705. The van der Waals surface area contributed by atoms with E-state index in [2.05, 4.69) is 17.2 Å². The molecule has 0 spiro atoms. The van der Waals surface area contributed by atoms with Crippen molar-refractivity contribution in [2.75, 3.05) is 6.54 Å². The van der Waals surface area contributed by atoms with E-state index in [0.717, 1.165) is 18.5 Å². The van der Waals surface area contributed by atoms with Crippen molar-refractivity contribution in [2.24, 2.45) is 0 Å². The van der Waals surface area contributed by atoms with Crippen molar-refractivity contribution in [3.8, 4) is 0 Å². The third-order valence-electron chi connectivity index (χ3n) is 1.80. The molecule has 0 aromatic carbocycles. The zero-order valence-electron chi connectivity index (χ0n) is 7.89. The van der Waals surface area contributed by atoms with Crippen LogP contribution in [0.3, 0.4) is 0 Å². The summed E-state index contributed by atoms with van der Waals surface area (Å²) in [5, 5.41) is 3.22. The van der Waals surface area contributed by atoms with Crippen LogP contribution in [-0.4, -0.2) is 11.5 Å². The molecule has 0 saturated heterocycles. The molecular formula is C10H15FN2. The molecule has 2 nitrogen and oxygen atoms in total.